The van der Waals surface area contributed by atoms with Crippen LogP contribution in [0.15, 0.2) is 60.8 Å². The highest BCUT2D eigenvalue weighted by atomic mass is 16.2. The first-order chi connectivity index (χ1) is 14.2. The summed E-state index contributed by atoms with van der Waals surface area (Å²) in [5.74, 6) is -0.204. The van der Waals surface area contributed by atoms with Crippen molar-refractivity contribution in [2.45, 2.75) is 6.92 Å². The third kappa shape index (κ3) is 4.12. The van der Waals surface area contributed by atoms with Crippen molar-refractivity contribution in [2.75, 3.05) is 38.0 Å². The summed E-state index contributed by atoms with van der Waals surface area (Å²) in [6.07, 6.45) is 1.71. The van der Waals surface area contributed by atoms with Gasteiger partial charge in [-0.2, -0.15) is 0 Å². The van der Waals surface area contributed by atoms with Gasteiger partial charge in [0.2, 0.25) is 0 Å². The maximum Gasteiger partial charge on any atom is 0.255 e. The standard InChI is InChI=1S/C23H24N4O2/c1-2-26-13-15-27(16-14-26)23(29)19-10-8-18(9-11-19)22(28)25-20-7-3-5-17-6-4-12-24-21(17)20/h3-12H,2,13-16H2,1H3,(H,25,28). The Kier molecular flexibility index (Phi) is 5.53. The minimum Gasteiger partial charge on any atom is -0.336 e. The molecule has 0 atom stereocenters. The summed E-state index contributed by atoms with van der Waals surface area (Å²) in [4.78, 5) is 34.0. The molecule has 0 radical (unpaired) electrons. The molecule has 2 amide bonds. The Balaban J connectivity index is 1.45. The van der Waals surface area contributed by atoms with Crippen LogP contribution in [0.4, 0.5) is 5.69 Å². The third-order valence-electron chi connectivity index (χ3n) is 5.38. The number of nitrogens with zero attached hydrogens (tertiary/aromatic N) is 3. The molecule has 1 aromatic heterocycles. The number of para-hydroxylation sites is 1. The molecule has 29 heavy (non-hydrogen) atoms. The number of carbonyl (C=O) groups excluding carboxylic acids is 2. The molecular formula is C23H24N4O2. The Bertz CT molecular complexity index is 1020. The number of amides is 2. The number of pyridine rings is 1. The van der Waals surface area contributed by atoms with E-state index in [0.29, 0.717) is 16.8 Å². The van der Waals surface area contributed by atoms with E-state index in [1.165, 1.54) is 0 Å². The lowest BCUT2D eigenvalue weighted by Crippen LogP contribution is -2.48. The second-order valence-corrected chi connectivity index (χ2v) is 7.14. The van der Waals surface area contributed by atoms with Crippen molar-refractivity contribution in [1.82, 2.24) is 14.8 Å². The van der Waals surface area contributed by atoms with Crippen molar-refractivity contribution in [3.63, 3.8) is 0 Å². The SMILES string of the molecule is CCN1CCN(C(=O)c2ccc(C(=O)Nc3cccc4cccnc34)cc2)CC1. The number of hydrogen-bond donors (Lipinski definition) is 1. The van der Waals surface area contributed by atoms with Crippen molar-refractivity contribution in [1.29, 1.82) is 0 Å². The number of likely N-dealkylation sites (N-methyl/N-ethyl adjacent to an activating group) is 1. The summed E-state index contributed by atoms with van der Waals surface area (Å²) in [5.41, 5.74) is 2.53. The van der Waals surface area contributed by atoms with Crippen LogP contribution in [0.3, 0.4) is 0 Å². The number of carbonyl (C=O) groups is 2. The minimum atomic E-state index is -0.223. The second kappa shape index (κ2) is 8.41. The summed E-state index contributed by atoms with van der Waals surface area (Å²) in [6, 6.07) is 16.4. The molecule has 1 N–H and O–H groups in total. The molecule has 2 aromatic carbocycles. The molecule has 1 saturated heterocycles. The second-order valence-electron chi connectivity index (χ2n) is 7.14. The Hall–Kier alpha value is -3.25. The lowest BCUT2D eigenvalue weighted by Gasteiger charge is -2.34. The molecule has 0 aliphatic carbocycles. The maximum atomic E-state index is 12.7. The van der Waals surface area contributed by atoms with Gasteiger partial charge in [0.05, 0.1) is 11.2 Å². The van der Waals surface area contributed by atoms with Gasteiger partial charge < -0.3 is 15.1 Å². The van der Waals surface area contributed by atoms with Crippen LogP contribution in [-0.2, 0) is 0 Å². The predicted molar refractivity (Wildman–Crippen MR) is 114 cm³/mol. The van der Waals surface area contributed by atoms with Crippen LogP contribution in [0.2, 0.25) is 0 Å². The van der Waals surface area contributed by atoms with E-state index in [0.717, 1.165) is 43.6 Å². The normalized spacial score (nSPS) is 14.7. The van der Waals surface area contributed by atoms with Crippen LogP contribution in [0.25, 0.3) is 10.9 Å². The Morgan fingerprint density at radius 1 is 0.931 bits per heavy atom. The Labute approximate surface area is 170 Å². The zero-order chi connectivity index (χ0) is 20.2. The lowest BCUT2D eigenvalue weighted by molar-refractivity contribution is 0.0643. The molecule has 0 unspecified atom stereocenters. The molecule has 1 aliphatic heterocycles. The smallest absolute Gasteiger partial charge is 0.255 e. The molecule has 2 heterocycles. The Morgan fingerprint density at radius 3 is 2.34 bits per heavy atom. The third-order valence-corrected chi connectivity index (χ3v) is 5.38. The fourth-order valence-electron chi connectivity index (χ4n) is 3.61. The molecule has 0 bridgehead atoms. The summed E-state index contributed by atoms with van der Waals surface area (Å²) in [6.45, 7) is 6.43. The molecule has 1 aliphatic rings. The van der Waals surface area contributed by atoms with Crippen molar-refractivity contribution in [3.05, 3.63) is 71.9 Å². The maximum absolute atomic E-state index is 12.7. The van der Waals surface area contributed by atoms with Gasteiger partial charge >= 0.3 is 0 Å². The summed E-state index contributed by atoms with van der Waals surface area (Å²) in [7, 11) is 0. The van der Waals surface area contributed by atoms with E-state index in [4.69, 9.17) is 0 Å². The van der Waals surface area contributed by atoms with Gasteiger partial charge in [0.25, 0.3) is 11.8 Å². The number of anilines is 1. The summed E-state index contributed by atoms with van der Waals surface area (Å²) < 4.78 is 0. The van der Waals surface area contributed by atoms with Crippen molar-refractivity contribution in [3.8, 4) is 0 Å². The lowest BCUT2D eigenvalue weighted by atomic mass is 10.1. The molecule has 3 aromatic rings. The highest BCUT2D eigenvalue weighted by molar-refractivity contribution is 6.08. The number of fused-ring (bicyclic) bond motifs is 1. The Morgan fingerprint density at radius 2 is 1.62 bits per heavy atom. The molecule has 0 spiro atoms. The van der Waals surface area contributed by atoms with Gasteiger partial charge in [-0.25, -0.2) is 0 Å². The molecule has 4 rings (SSSR count). The number of rotatable bonds is 4. The first kappa shape index (κ1) is 19.1. The first-order valence-electron chi connectivity index (χ1n) is 9.92. The zero-order valence-electron chi connectivity index (χ0n) is 16.5. The van der Waals surface area contributed by atoms with Gasteiger partial charge in [-0.15, -0.1) is 0 Å². The van der Waals surface area contributed by atoms with Crippen molar-refractivity contribution >= 4 is 28.4 Å². The van der Waals surface area contributed by atoms with Gasteiger partial charge in [0, 0.05) is 48.9 Å². The van der Waals surface area contributed by atoms with Crippen LogP contribution in [0, 0.1) is 0 Å². The summed E-state index contributed by atoms with van der Waals surface area (Å²) in [5, 5.41) is 3.89. The van der Waals surface area contributed by atoms with Crippen molar-refractivity contribution in [2.24, 2.45) is 0 Å². The number of nitrogens with one attached hydrogen (secondary N) is 1. The van der Waals surface area contributed by atoms with E-state index < -0.39 is 0 Å². The molecule has 148 valence electrons. The number of hydrogen-bond acceptors (Lipinski definition) is 4. The highest BCUT2D eigenvalue weighted by Crippen LogP contribution is 2.21. The van der Waals surface area contributed by atoms with Gasteiger partial charge in [0.1, 0.15) is 0 Å². The quantitative estimate of drug-likeness (QED) is 0.745. The van der Waals surface area contributed by atoms with E-state index in [-0.39, 0.29) is 11.8 Å². The predicted octanol–water partition coefficient (Wildman–Crippen LogP) is 3.26. The van der Waals surface area contributed by atoms with Crippen LogP contribution >= 0.6 is 0 Å². The largest absolute Gasteiger partial charge is 0.336 e. The van der Waals surface area contributed by atoms with Gasteiger partial charge in [-0.1, -0.05) is 25.1 Å². The zero-order valence-corrected chi connectivity index (χ0v) is 16.5. The topological polar surface area (TPSA) is 65.5 Å². The fourth-order valence-corrected chi connectivity index (χ4v) is 3.61. The monoisotopic (exact) mass is 388 g/mol. The van der Waals surface area contributed by atoms with Crippen LogP contribution in [-0.4, -0.2) is 59.3 Å². The average molecular weight is 388 g/mol. The van der Waals surface area contributed by atoms with Crippen LogP contribution in [0.5, 0.6) is 0 Å². The number of benzene rings is 2. The van der Waals surface area contributed by atoms with Crippen LogP contribution < -0.4 is 5.32 Å². The highest BCUT2D eigenvalue weighted by Gasteiger charge is 2.21. The number of aromatic nitrogens is 1. The van der Waals surface area contributed by atoms with E-state index in [1.807, 2.05) is 35.2 Å². The molecule has 1 fully saturated rings. The minimum absolute atomic E-state index is 0.0194. The van der Waals surface area contributed by atoms with Gasteiger partial charge in [-0.05, 0) is 42.9 Å². The van der Waals surface area contributed by atoms with E-state index in [9.17, 15) is 9.59 Å². The first-order valence-corrected chi connectivity index (χ1v) is 9.92. The number of piperazine rings is 1. The van der Waals surface area contributed by atoms with Gasteiger partial charge in [0.15, 0.2) is 0 Å². The fraction of sp³-hybridized carbons (Fsp3) is 0.261. The van der Waals surface area contributed by atoms with Crippen molar-refractivity contribution < 1.29 is 9.59 Å². The van der Waals surface area contributed by atoms with E-state index in [2.05, 4.69) is 22.1 Å². The summed E-state index contributed by atoms with van der Waals surface area (Å²) >= 11 is 0. The van der Waals surface area contributed by atoms with E-state index >= 15 is 0 Å². The van der Waals surface area contributed by atoms with Crippen LogP contribution in [0.1, 0.15) is 27.6 Å². The molecule has 6 heteroatoms. The van der Waals surface area contributed by atoms with E-state index in [1.54, 1.807) is 30.5 Å². The molecular weight excluding hydrogens is 364 g/mol. The molecule has 6 nitrogen and oxygen atoms in total. The average Bonchev–Trinajstić information content (AvgIpc) is 2.79. The van der Waals surface area contributed by atoms with Gasteiger partial charge in [-0.3, -0.25) is 14.6 Å². The molecule has 0 saturated carbocycles.